The third-order valence-corrected chi connectivity index (χ3v) is 3.93. The molecule has 1 aliphatic heterocycles. The molecule has 0 radical (unpaired) electrons. The lowest BCUT2D eigenvalue weighted by Crippen LogP contribution is -2.46. The molecule has 0 unspecified atom stereocenters. The van der Waals surface area contributed by atoms with Gasteiger partial charge in [-0.15, -0.1) is 0 Å². The zero-order valence-electron chi connectivity index (χ0n) is 13.1. The minimum absolute atomic E-state index is 0.200. The molecule has 5 heteroatoms. The number of nitrogens with zero attached hydrogens (tertiary/aromatic N) is 3. The van der Waals surface area contributed by atoms with Gasteiger partial charge in [0.1, 0.15) is 5.82 Å². The molecule has 2 heterocycles. The fourth-order valence-electron chi connectivity index (χ4n) is 3.03. The summed E-state index contributed by atoms with van der Waals surface area (Å²) in [5.74, 6) is -0.200. The number of fused-ring (bicyclic) bond motifs is 1. The maximum Gasteiger partial charge on any atom is 0.124 e. The molecule has 0 bridgehead atoms. The van der Waals surface area contributed by atoms with Gasteiger partial charge in [-0.25, -0.2) is 4.39 Å². The van der Waals surface area contributed by atoms with Gasteiger partial charge in [-0.3, -0.25) is 9.88 Å². The largest absolute Gasteiger partial charge is 0.374 e. The third kappa shape index (κ3) is 3.61. The number of pyridine rings is 1. The van der Waals surface area contributed by atoms with Gasteiger partial charge in [0, 0.05) is 37.8 Å². The van der Waals surface area contributed by atoms with Crippen molar-refractivity contribution < 1.29 is 9.13 Å². The highest BCUT2D eigenvalue weighted by Gasteiger charge is 2.21. The molecule has 22 heavy (non-hydrogen) atoms. The lowest BCUT2D eigenvalue weighted by Gasteiger charge is -2.34. The molecule has 1 saturated heterocycles. The van der Waals surface area contributed by atoms with Gasteiger partial charge >= 0.3 is 0 Å². The molecular weight excluding hydrogens is 281 g/mol. The van der Waals surface area contributed by atoms with Crippen molar-refractivity contribution in [2.24, 2.45) is 0 Å². The topological polar surface area (TPSA) is 28.6 Å². The highest BCUT2D eigenvalue weighted by atomic mass is 19.1. The van der Waals surface area contributed by atoms with E-state index in [1.165, 1.54) is 0 Å². The van der Waals surface area contributed by atoms with E-state index in [-0.39, 0.29) is 11.9 Å². The van der Waals surface area contributed by atoms with E-state index in [0.717, 1.165) is 42.7 Å². The molecule has 2 aromatic rings. The van der Waals surface area contributed by atoms with Crippen LogP contribution in [-0.4, -0.2) is 61.2 Å². The number of halogens is 1. The van der Waals surface area contributed by atoms with E-state index >= 15 is 0 Å². The van der Waals surface area contributed by atoms with Gasteiger partial charge in [-0.05, 0) is 37.9 Å². The zero-order valence-corrected chi connectivity index (χ0v) is 13.1. The van der Waals surface area contributed by atoms with Gasteiger partial charge in [0.2, 0.25) is 0 Å². The maximum absolute atomic E-state index is 13.8. The van der Waals surface area contributed by atoms with Crippen LogP contribution in [0, 0.1) is 5.82 Å². The summed E-state index contributed by atoms with van der Waals surface area (Å²) < 4.78 is 19.6. The predicted molar refractivity (Wildman–Crippen MR) is 85.3 cm³/mol. The Morgan fingerprint density at radius 3 is 3.09 bits per heavy atom. The van der Waals surface area contributed by atoms with Crippen LogP contribution in [0.1, 0.15) is 5.56 Å². The van der Waals surface area contributed by atoms with Crippen molar-refractivity contribution in [2.75, 3.05) is 40.3 Å². The summed E-state index contributed by atoms with van der Waals surface area (Å²) in [7, 11) is 4.10. The van der Waals surface area contributed by atoms with E-state index < -0.39 is 0 Å². The number of likely N-dealkylation sites (N-methyl/N-ethyl adjacent to an activating group) is 1. The van der Waals surface area contributed by atoms with Crippen LogP contribution in [0.4, 0.5) is 4.39 Å². The van der Waals surface area contributed by atoms with E-state index in [9.17, 15) is 4.39 Å². The zero-order chi connectivity index (χ0) is 15.5. The fourth-order valence-corrected chi connectivity index (χ4v) is 3.03. The third-order valence-electron chi connectivity index (χ3n) is 3.93. The minimum Gasteiger partial charge on any atom is -0.374 e. The number of ether oxygens (including phenoxy) is 1. The molecule has 118 valence electrons. The second-order valence-electron chi connectivity index (χ2n) is 6.13. The van der Waals surface area contributed by atoms with E-state index in [4.69, 9.17) is 4.74 Å². The SMILES string of the molecule is CN(C)C[C@@H]1CN(Cc2cc(F)cc3cccnc23)CCO1. The van der Waals surface area contributed by atoms with Crippen molar-refractivity contribution in [2.45, 2.75) is 12.6 Å². The standard InChI is InChI=1S/C17H22FN3O/c1-20(2)11-16-12-21(6-7-22-16)10-14-9-15(18)8-13-4-3-5-19-17(13)14/h3-5,8-9,16H,6-7,10-12H2,1-2H3/t16-/m1/s1. The molecule has 1 fully saturated rings. The Hall–Kier alpha value is -1.56. The van der Waals surface area contributed by atoms with Gasteiger partial charge in [-0.1, -0.05) is 6.07 Å². The van der Waals surface area contributed by atoms with Crippen LogP contribution < -0.4 is 0 Å². The lowest BCUT2D eigenvalue weighted by atomic mass is 10.1. The Kier molecular flexibility index (Phi) is 4.66. The van der Waals surface area contributed by atoms with Gasteiger partial charge in [0.15, 0.2) is 0 Å². The van der Waals surface area contributed by atoms with Gasteiger partial charge < -0.3 is 9.64 Å². The number of morpholine rings is 1. The van der Waals surface area contributed by atoms with Gasteiger partial charge in [-0.2, -0.15) is 0 Å². The Bertz CT molecular complexity index is 647. The second-order valence-corrected chi connectivity index (χ2v) is 6.13. The van der Waals surface area contributed by atoms with Crippen molar-refractivity contribution in [1.29, 1.82) is 0 Å². The van der Waals surface area contributed by atoms with E-state index in [0.29, 0.717) is 6.54 Å². The average Bonchev–Trinajstić information content (AvgIpc) is 2.46. The van der Waals surface area contributed by atoms with Crippen LogP contribution in [0.5, 0.6) is 0 Å². The van der Waals surface area contributed by atoms with E-state index in [2.05, 4.69) is 14.8 Å². The molecule has 4 nitrogen and oxygen atoms in total. The van der Waals surface area contributed by atoms with E-state index in [1.807, 2.05) is 26.2 Å². The van der Waals surface area contributed by atoms with Crippen LogP contribution in [0.25, 0.3) is 10.9 Å². The smallest absolute Gasteiger partial charge is 0.124 e. The Morgan fingerprint density at radius 2 is 2.27 bits per heavy atom. The molecule has 3 rings (SSSR count). The summed E-state index contributed by atoms with van der Waals surface area (Å²) in [6.45, 7) is 4.06. The molecule has 1 atom stereocenters. The molecule has 1 aromatic heterocycles. The van der Waals surface area contributed by atoms with Gasteiger partial charge in [0.25, 0.3) is 0 Å². The molecular formula is C17H22FN3O. The lowest BCUT2D eigenvalue weighted by molar-refractivity contribution is -0.0405. The first-order valence-electron chi connectivity index (χ1n) is 7.63. The predicted octanol–water partition coefficient (Wildman–Crippen LogP) is 2.14. The first kappa shape index (κ1) is 15.3. The van der Waals surface area contributed by atoms with Crippen molar-refractivity contribution in [3.63, 3.8) is 0 Å². The number of benzene rings is 1. The molecule has 1 aliphatic rings. The molecule has 0 amide bonds. The van der Waals surface area contributed by atoms with Crippen LogP contribution >= 0.6 is 0 Å². The Morgan fingerprint density at radius 1 is 1.41 bits per heavy atom. The molecule has 0 N–H and O–H groups in total. The minimum atomic E-state index is -0.200. The van der Waals surface area contributed by atoms with Crippen LogP contribution in [-0.2, 0) is 11.3 Å². The monoisotopic (exact) mass is 303 g/mol. The Labute approximate surface area is 130 Å². The van der Waals surface area contributed by atoms with Crippen LogP contribution in [0.15, 0.2) is 30.5 Å². The molecule has 0 aliphatic carbocycles. The van der Waals surface area contributed by atoms with Crippen molar-refractivity contribution in [3.05, 3.63) is 41.8 Å². The molecule has 0 saturated carbocycles. The van der Waals surface area contributed by atoms with Crippen LogP contribution in [0.2, 0.25) is 0 Å². The summed E-state index contributed by atoms with van der Waals surface area (Å²) in [4.78, 5) is 8.87. The molecule has 1 aromatic carbocycles. The quantitative estimate of drug-likeness (QED) is 0.865. The summed E-state index contributed by atoms with van der Waals surface area (Å²) >= 11 is 0. The number of hydrogen-bond acceptors (Lipinski definition) is 4. The molecule has 0 spiro atoms. The fraction of sp³-hybridized carbons (Fsp3) is 0.471. The van der Waals surface area contributed by atoms with E-state index in [1.54, 1.807) is 18.3 Å². The first-order chi connectivity index (χ1) is 10.6. The van der Waals surface area contributed by atoms with Crippen molar-refractivity contribution >= 4 is 10.9 Å². The highest BCUT2D eigenvalue weighted by Crippen LogP contribution is 2.21. The first-order valence-corrected chi connectivity index (χ1v) is 7.63. The van der Waals surface area contributed by atoms with Crippen molar-refractivity contribution in [3.8, 4) is 0 Å². The van der Waals surface area contributed by atoms with Gasteiger partial charge in [0.05, 0.1) is 18.2 Å². The summed E-state index contributed by atoms with van der Waals surface area (Å²) in [5, 5.41) is 0.857. The maximum atomic E-state index is 13.8. The highest BCUT2D eigenvalue weighted by molar-refractivity contribution is 5.81. The average molecular weight is 303 g/mol. The number of hydrogen-bond donors (Lipinski definition) is 0. The Balaban J connectivity index is 1.78. The summed E-state index contributed by atoms with van der Waals surface area (Å²) in [6, 6.07) is 6.89. The van der Waals surface area contributed by atoms with Crippen molar-refractivity contribution in [1.82, 2.24) is 14.8 Å². The second kappa shape index (κ2) is 6.69. The number of rotatable bonds is 4. The summed E-state index contributed by atoms with van der Waals surface area (Å²) in [5.41, 5.74) is 1.83. The van der Waals surface area contributed by atoms with Crippen LogP contribution in [0.3, 0.4) is 0 Å². The summed E-state index contributed by atoms with van der Waals surface area (Å²) in [6.07, 6.45) is 1.97. The normalized spacial score (nSPS) is 19.9. The number of aromatic nitrogens is 1.